The molecule has 1 aromatic carbocycles. The summed E-state index contributed by atoms with van der Waals surface area (Å²) in [7, 11) is 1.50. The maximum absolute atomic E-state index is 12.1. The Morgan fingerprint density at radius 1 is 1.14 bits per heavy atom. The lowest BCUT2D eigenvalue weighted by atomic mass is 10.0. The molecular weight excluding hydrogens is 484 g/mol. The van der Waals surface area contributed by atoms with Gasteiger partial charge < -0.3 is 24.8 Å². The van der Waals surface area contributed by atoms with Crippen LogP contribution in [0.1, 0.15) is 34.6 Å². The van der Waals surface area contributed by atoms with Crippen molar-refractivity contribution in [2.75, 3.05) is 23.9 Å². The van der Waals surface area contributed by atoms with Gasteiger partial charge in [0.05, 0.1) is 11.7 Å². The second-order valence-corrected chi connectivity index (χ2v) is 9.29. The van der Waals surface area contributed by atoms with E-state index in [-0.39, 0.29) is 24.6 Å². The van der Waals surface area contributed by atoms with Crippen LogP contribution >= 0.6 is 12.2 Å². The summed E-state index contributed by atoms with van der Waals surface area (Å²) >= 11 is 5.89. The maximum Gasteiger partial charge on any atom is 0.250 e. The van der Waals surface area contributed by atoms with Gasteiger partial charge >= 0.3 is 0 Å². The minimum Gasteiger partial charge on any atom is -0.375 e. The van der Waals surface area contributed by atoms with Crippen molar-refractivity contribution in [2.24, 2.45) is 0 Å². The van der Waals surface area contributed by atoms with Crippen molar-refractivity contribution < 1.29 is 9.53 Å². The van der Waals surface area contributed by atoms with Crippen molar-refractivity contribution in [2.45, 2.75) is 25.6 Å². The fourth-order valence-electron chi connectivity index (χ4n) is 4.72. The molecule has 5 rings (SSSR count). The number of ether oxygens (including phenoxy) is 1. The summed E-state index contributed by atoms with van der Waals surface area (Å²) in [4.78, 5) is 23.1. The largest absolute Gasteiger partial charge is 0.375 e. The minimum absolute atomic E-state index is 0.00305. The van der Waals surface area contributed by atoms with Crippen molar-refractivity contribution in [3.63, 3.8) is 0 Å². The Hall–Kier alpha value is -4.08. The second-order valence-electron chi connectivity index (χ2n) is 8.90. The molecule has 9 heteroatoms. The van der Waals surface area contributed by atoms with Crippen LogP contribution in [0.4, 0.5) is 11.4 Å². The van der Waals surface area contributed by atoms with E-state index < -0.39 is 0 Å². The minimum atomic E-state index is -0.196. The van der Waals surface area contributed by atoms with E-state index in [2.05, 4.69) is 54.5 Å². The number of aryl methyl sites for hydroxylation is 1. The number of carbonyl (C=O) groups is 1. The molecule has 0 spiro atoms. The zero-order valence-electron chi connectivity index (χ0n) is 20.7. The highest BCUT2D eigenvalue weighted by Gasteiger charge is 2.42. The first kappa shape index (κ1) is 24.6. The predicted molar refractivity (Wildman–Crippen MR) is 147 cm³/mol. The number of anilines is 2. The number of pyridine rings is 2. The summed E-state index contributed by atoms with van der Waals surface area (Å²) in [5, 5.41) is 7.03. The van der Waals surface area contributed by atoms with E-state index >= 15 is 0 Å². The first-order valence-electron chi connectivity index (χ1n) is 12.0. The first-order chi connectivity index (χ1) is 18.0. The smallest absolute Gasteiger partial charge is 0.250 e. The van der Waals surface area contributed by atoms with Crippen molar-refractivity contribution >= 4 is 34.6 Å². The van der Waals surface area contributed by atoms with Crippen molar-refractivity contribution in [1.29, 1.82) is 0 Å². The zero-order valence-corrected chi connectivity index (χ0v) is 21.5. The molecule has 0 unspecified atom stereocenters. The van der Waals surface area contributed by atoms with Crippen LogP contribution in [-0.4, -0.2) is 39.3 Å². The number of rotatable bonds is 8. The third-order valence-corrected chi connectivity index (χ3v) is 6.69. The molecule has 1 saturated heterocycles. The Balaban J connectivity index is 1.54. The van der Waals surface area contributed by atoms with Crippen LogP contribution in [0.5, 0.6) is 0 Å². The summed E-state index contributed by atoms with van der Waals surface area (Å²) in [6, 6.07) is 19.7. The molecular formula is C28H28N6O2S. The highest BCUT2D eigenvalue weighted by atomic mass is 32.1. The van der Waals surface area contributed by atoms with Crippen LogP contribution in [0.3, 0.4) is 0 Å². The molecule has 1 aliphatic heterocycles. The lowest BCUT2D eigenvalue weighted by Crippen LogP contribution is -2.30. The van der Waals surface area contributed by atoms with Gasteiger partial charge in [0, 0.05) is 55.5 Å². The van der Waals surface area contributed by atoms with Gasteiger partial charge in [0.15, 0.2) is 5.11 Å². The summed E-state index contributed by atoms with van der Waals surface area (Å²) in [6.07, 6.45) is 7.55. The number of carbonyl (C=O) groups excluding carboxylic acids is 1. The summed E-state index contributed by atoms with van der Waals surface area (Å²) < 4.78 is 7.17. The average Bonchev–Trinajstić information content (AvgIpc) is 3.50. The molecule has 2 atom stereocenters. The molecule has 0 bridgehead atoms. The number of hydrogen-bond donors (Lipinski definition) is 2. The quantitative estimate of drug-likeness (QED) is 0.339. The van der Waals surface area contributed by atoms with E-state index in [0.29, 0.717) is 11.7 Å². The number of nitrogens with zero attached hydrogens (tertiary/aromatic N) is 4. The number of methoxy groups -OCH3 is 1. The highest BCUT2D eigenvalue weighted by Crippen LogP contribution is 2.42. The number of hydrogen-bond acceptors (Lipinski definition) is 5. The third-order valence-electron chi connectivity index (χ3n) is 6.38. The van der Waals surface area contributed by atoms with Gasteiger partial charge in [-0.05, 0) is 78.8 Å². The van der Waals surface area contributed by atoms with Gasteiger partial charge in [-0.15, -0.1) is 0 Å². The molecule has 3 aromatic heterocycles. The molecule has 8 nitrogen and oxygen atoms in total. The van der Waals surface area contributed by atoms with Gasteiger partial charge in [0.1, 0.15) is 12.6 Å². The predicted octanol–water partition coefficient (Wildman–Crippen LogP) is 4.40. The zero-order chi connectivity index (χ0) is 25.8. The van der Waals surface area contributed by atoms with E-state index in [4.69, 9.17) is 17.0 Å². The van der Waals surface area contributed by atoms with E-state index in [1.165, 1.54) is 7.11 Å². The molecule has 0 aliphatic carbocycles. The van der Waals surface area contributed by atoms with Crippen molar-refractivity contribution in [3.8, 4) is 0 Å². The number of thiocarbonyl (C=S) groups is 1. The molecule has 0 saturated carbocycles. The Kier molecular flexibility index (Phi) is 7.25. The van der Waals surface area contributed by atoms with Crippen LogP contribution in [0.25, 0.3) is 0 Å². The average molecular weight is 513 g/mol. The van der Waals surface area contributed by atoms with Crippen molar-refractivity contribution in [1.82, 2.24) is 19.9 Å². The molecule has 37 heavy (non-hydrogen) atoms. The topological polar surface area (TPSA) is 84.3 Å². The Labute approximate surface area is 221 Å². The van der Waals surface area contributed by atoms with Crippen LogP contribution in [0.2, 0.25) is 0 Å². The molecule has 1 aliphatic rings. The summed E-state index contributed by atoms with van der Waals surface area (Å²) in [6.45, 7) is 2.66. The van der Waals surface area contributed by atoms with Gasteiger partial charge in [-0.25, -0.2) is 0 Å². The van der Waals surface area contributed by atoms with Gasteiger partial charge in [0.25, 0.3) is 0 Å². The van der Waals surface area contributed by atoms with Gasteiger partial charge in [-0.1, -0.05) is 12.1 Å². The van der Waals surface area contributed by atoms with Crippen LogP contribution in [-0.2, 0) is 16.1 Å². The normalized spacial score (nSPS) is 17.0. The highest BCUT2D eigenvalue weighted by molar-refractivity contribution is 7.80. The Morgan fingerprint density at radius 2 is 2.03 bits per heavy atom. The number of aromatic nitrogens is 3. The van der Waals surface area contributed by atoms with Crippen LogP contribution in [0, 0.1) is 6.92 Å². The summed E-state index contributed by atoms with van der Waals surface area (Å²) in [5.74, 6) is -0.196. The van der Waals surface area contributed by atoms with E-state index in [1.54, 1.807) is 12.4 Å². The molecule has 188 valence electrons. The van der Waals surface area contributed by atoms with Gasteiger partial charge in [0.2, 0.25) is 5.91 Å². The standard InChI is InChI=1S/C28H28N6O2S/c1-19-15-21(10-11-22(19)31-25(35)18-36-2)34-27(26(32-28(34)37)23-8-3-4-13-30-23)24-9-6-14-33(24)17-20-7-5-12-29-16-20/h3-16,26-27H,17-18H2,1-2H3,(H,31,35)(H,32,37)/t26-,27-/m1/s1. The fourth-order valence-corrected chi connectivity index (χ4v) is 5.06. The Bertz CT molecular complexity index is 1390. The monoisotopic (exact) mass is 512 g/mol. The first-order valence-corrected chi connectivity index (χ1v) is 12.4. The maximum atomic E-state index is 12.1. The number of benzene rings is 1. The van der Waals surface area contributed by atoms with E-state index in [1.807, 2.05) is 55.6 Å². The Morgan fingerprint density at radius 3 is 2.76 bits per heavy atom. The molecule has 0 radical (unpaired) electrons. The SMILES string of the molecule is COCC(=O)Nc1ccc(N2C(=S)N[C@H](c3ccccn3)[C@H]2c2cccn2Cc2cccnc2)cc1C. The lowest BCUT2D eigenvalue weighted by molar-refractivity contribution is -0.119. The third kappa shape index (κ3) is 5.23. The van der Waals surface area contributed by atoms with E-state index in [9.17, 15) is 4.79 Å². The molecule has 2 N–H and O–H groups in total. The van der Waals surface area contributed by atoms with E-state index in [0.717, 1.165) is 33.9 Å². The molecule has 1 amide bonds. The van der Waals surface area contributed by atoms with Crippen molar-refractivity contribution in [3.05, 3.63) is 108 Å². The van der Waals surface area contributed by atoms with Gasteiger partial charge in [-0.3, -0.25) is 14.8 Å². The fraction of sp³-hybridized carbons (Fsp3) is 0.214. The lowest BCUT2D eigenvalue weighted by Gasteiger charge is -2.29. The molecule has 4 heterocycles. The second kappa shape index (κ2) is 10.9. The number of amides is 1. The molecule has 1 fully saturated rings. The van der Waals surface area contributed by atoms with Crippen LogP contribution < -0.4 is 15.5 Å². The van der Waals surface area contributed by atoms with Crippen LogP contribution in [0.15, 0.2) is 85.5 Å². The number of nitrogens with one attached hydrogen (secondary N) is 2. The van der Waals surface area contributed by atoms with Gasteiger partial charge in [-0.2, -0.15) is 0 Å². The molecule has 4 aromatic rings. The summed E-state index contributed by atoms with van der Waals surface area (Å²) in [5.41, 5.74) is 5.71.